The van der Waals surface area contributed by atoms with E-state index in [1.807, 2.05) is 4.90 Å². The molecule has 320 valence electrons. The van der Waals surface area contributed by atoms with Crippen LogP contribution in [-0.4, -0.2) is 123 Å². The van der Waals surface area contributed by atoms with E-state index in [4.69, 9.17) is 22.6 Å². The van der Waals surface area contributed by atoms with E-state index in [9.17, 15) is 45.5 Å². The predicted octanol–water partition coefficient (Wildman–Crippen LogP) is 4.84. The van der Waals surface area contributed by atoms with E-state index in [-0.39, 0.29) is 50.6 Å². The Morgan fingerprint density at radius 1 is 1.07 bits per heavy atom. The molecule has 0 spiro atoms. The smallest absolute Gasteiger partial charge is 0.395 e. The fourth-order valence-electron chi connectivity index (χ4n) is 7.31. The van der Waals surface area contributed by atoms with E-state index in [1.54, 1.807) is 32.2 Å². The highest BCUT2D eigenvalue weighted by atomic mass is 32.1. The summed E-state index contributed by atoms with van der Waals surface area (Å²) in [6.45, 7) is 4.10. The van der Waals surface area contributed by atoms with Gasteiger partial charge in [0.05, 0.1) is 36.5 Å². The number of piperidine rings is 1. The van der Waals surface area contributed by atoms with Crippen LogP contribution in [-0.2, 0) is 25.4 Å². The molecule has 4 amide bonds. The van der Waals surface area contributed by atoms with Crippen molar-refractivity contribution in [2.45, 2.75) is 89.1 Å². The van der Waals surface area contributed by atoms with Gasteiger partial charge < -0.3 is 15.3 Å². The zero-order chi connectivity index (χ0) is 42.8. The molecule has 5 heterocycles. The monoisotopic (exact) mass is 845 g/mol. The number of piperazine rings is 1. The summed E-state index contributed by atoms with van der Waals surface area (Å²) < 4.78 is 68.8. The molecule has 1 saturated carbocycles. The van der Waals surface area contributed by atoms with Crippen molar-refractivity contribution >= 4 is 52.5 Å². The third-order valence-corrected chi connectivity index (χ3v) is 10.5. The molecule has 14 nitrogen and oxygen atoms in total. The molecule has 0 aromatic carbocycles. The maximum Gasteiger partial charge on any atom is 0.419 e. The first-order chi connectivity index (χ1) is 27.4. The van der Waals surface area contributed by atoms with E-state index < -0.39 is 41.5 Å². The number of alkyl halides is 6. The van der Waals surface area contributed by atoms with Gasteiger partial charge in [-0.15, -0.1) is 0 Å². The Morgan fingerprint density at radius 3 is 2.29 bits per heavy atom. The third kappa shape index (κ3) is 11.9. The van der Waals surface area contributed by atoms with Crippen LogP contribution in [0.4, 0.5) is 37.8 Å². The summed E-state index contributed by atoms with van der Waals surface area (Å²) in [5.41, 5.74) is -2.18. The molecule has 3 aliphatic heterocycles. The number of nitriles is 1. The fourth-order valence-corrected chi connectivity index (χ4v) is 7.88. The van der Waals surface area contributed by atoms with Crippen LogP contribution in [0.3, 0.4) is 0 Å². The van der Waals surface area contributed by atoms with Crippen LogP contribution >= 0.6 is 12.2 Å². The minimum atomic E-state index is -4.75. The van der Waals surface area contributed by atoms with Gasteiger partial charge in [0.2, 0.25) is 17.7 Å². The number of carbonyl (C=O) groups is 4. The number of aromatic nitrogens is 2. The zero-order valence-corrected chi connectivity index (χ0v) is 32.7. The number of aliphatic hydroxyl groups excluding tert-OH is 1. The highest BCUT2D eigenvalue weighted by Gasteiger charge is 2.52. The van der Waals surface area contributed by atoms with Gasteiger partial charge in [0, 0.05) is 54.2 Å². The van der Waals surface area contributed by atoms with Crippen molar-refractivity contribution in [2.75, 3.05) is 56.1 Å². The van der Waals surface area contributed by atoms with Gasteiger partial charge in [-0.05, 0) is 69.1 Å². The van der Waals surface area contributed by atoms with E-state index in [2.05, 4.69) is 30.4 Å². The largest absolute Gasteiger partial charge is 0.419 e. The Balaban J connectivity index is 0.000000368. The Morgan fingerprint density at radius 2 is 1.71 bits per heavy atom. The lowest BCUT2D eigenvalue weighted by Crippen LogP contribution is -2.50. The number of β-amino-alcohol motifs (C(OH)–C–C–N with tert-alkyl or cyclic N) is 1. The molecule has 1 unspecified atom stereocenters. The first-order valence-electron chi connectivity index (χ1n) is 18.6. The lowest BCUT2D eigenvalue weighted by Gasteiger charge is -2.39. The molecule has 21 heteroatoms. The Bertz CT molecular complexity index is 1860. The Kier molecular flexibility index (Phi) is 16.0. The van der Waals surface area contributed by atoms with E-state index in [0.29, 0.717) is 25.2 Å². The van der Waals surface area contributed by atoms with Crippen molar-refractivity contribution in [2.24, 2.45) is 0 Å². The summed E-state index contributed by atoms with van der Waals surface area (Å²) in [5.74, 6) is -1.10. The third-order valence-electron chi connectivity index (χ3n) is 10.2. The molecule has 0 radical (unpaired) electrons. The second kappa shape index (κ2) is 20.3. The standard InChI is InChI=1S/C18H19F3N4OS.C18H25N5O4.CHF3.2H2/c1-17(2)15(26)24(16(27)25(17)11-6-4-3-5-7-11)12-8-13(18(19,20)21)14(9-22)23-10-12;24-10-9-22-5-7-23(8-6-22)12-17(26)20-15-11-13(3-4-19-15)14-1-2-16(25)21-18(14)27;2-1(3)4;;/h8,10-11H,3-7H2,1-2H3;3-4,11,14,24H,1-2,5-10,12H2,(H,19,20,26)(H,21,25,27);1H;2*1H. The topological polar surface area (TPSA) is 175 Å². The molecule has 6 rings (SSSR count). The van der Waals surface area contributed by atoms with Crippen molar-refractivity contribution in [1.29, 1.82) is 5.26 Å². The number of thiocarbonyl (C=S) groups is 1. The number of aliphatic hydroxyl groups is 1. The van der Waals surface area contributed by atoms with Gasteiger partial charge in [-0.2, -0.15) is 31.6 Å². The summed E-state index contributed by atoms with van der Waals surface area (Å²) in [7, 11) is 0. The van der Waals surface area contributed by atoms with Crippen molar-refractivity contribution in [3.63, 3.8) is 0 Å². The van der Waals surface area contributed by atoms with Crippen LogP contribution in [0.15, 0.2) is 30.6 Å². The van der Waals surface area contributed by atoms with Gasteiger partial charge in [-0.1, -0.05) is 19.3 Å². The van der Waals surface area contributed by atoms with Gasteiger partial charge in [-0.3, -0.25) is 39.2 Å². The number of nitrogens with one attached hydrogen (secondary N) is 2. The van der Waals surface area contributed by atoms with E-state index >= 15 is 0 Å². The lowest BCUT2D eigenvalue weighted by atomic mass is 9.91. The minimum Gasteiger partial charge on any atom is -0.395 e. The molecule has 3 N–H and O–H groups in total. The number of halogens is 6. The van der Waals surface area contributed by atoms with Crippen LogP contribution in [0.2, 0.25) is 0 Å². The Hall–Kier alpha value is -4.78. The van der Waals surface area contributed by atoms with Gasteiger partial charge in [0.15, 0.2) is 10.8 Å². The van der Waals surface area contributed by atoms with Crippen LogP contribution in [0.1, 0.15) is 84.4 Å². The molecule has 4 fully saturated rings. The van der Waals surface area contributed by atoms with Gasteiger partial charge in [0.1, 0.15) is 17.4 Å². The number of hydrogen-bond donors (Lipinski definition) is 3. The maximum atomic E-state index is 13.3. The van der Waals surface area contributed by atoms with Gasteiger partial charge in [0.25, 0.3) is 5.91 Å². The number of amides is 4. The van der Waals surface area contributed by atoms with Crippen molar-refractivity contribution in [3.8, 4) is 6.07 Å². The summed E-state index contributed by atoms with van der Waals surface area (Å²) in [5, 5.41) is 23.2. The number of pyridine rings is 2. The lowest BCUT2D eigenvalue weighted by molar-refractivity contribution is -0.138. The second-order valence-electron chi connectivity index (χ2n) is 14.5. The molecule has 2 aromatic rings. The number of carbonyl (C=O) groups excluding carboxylic acids is 4. The minimum absolute atomic E-state index is 0. The second-order valence-corrected chi connectivity index (χ2v) is 14.8. The molecule has 4 aliphatic rings. The number of imide groups is 1. The normalized spacial score (nSPS) is 20.5. The molecular weight excluding hydrogens is 797 g/mol. The van der Waals surface area contributed by atoms with Crippen molar-refractivity contribution < 1.29 is 53.5 Å². The van der Waals surface area contributed by atoms with Crippen molar-refractivity contribution in [3.05, 3.63) is 47.4 Å². The number of nitrogens with zero attached hydrogens (tertiary/aromatic N) is 7. The molecule has 3 saturated heterocycles. The molecule has 1 aliphatic carbocycles. The zero-order valence-electron chi connectivity index (χ0n) is 31.9. The highest BCUT2D eigenvalue weighted by Crippen LogP contribution is 2.40. The summed E-state index contributed by atoms with van der Waals surface area (Å²) in [6, 6.07) is 5.73. The Labute approximate surface area is 339 Å². The van der Waals surface area contributed by atoms with E-state index in [0.717, 1.165) is 81.0 Å². The molecule has 0 bridgehead atoms. The number of rotatable bonds is 8. The molecule has 1 atom stereocenters. The first kappa shape index (κ1) is 45.9. The number of hydrogen-bond acceptors (Lipinski definition) is 11. The van der Waals surface area contributed by atoms with E-state index in [1.165, 1.54) is 6.07 Å². The average molecular weight is 846 g/mol. The van der Waals surface area contributed by atoms with Crippen LogP contribution < -0.4 is 15.5 Å². The van der Waals surface area contributed by atoms with Crippen LogP contribution in [0.25, 0.3) is 0 Å². The summed E-state index contributed by atoms with van der Waals surface area (Å²) in [6.07, 6.45) is 3.65. The van der Waals surface area contributed by atoms with Crippen LogP contribution in [0, 0.1) is 11.3 Å². The predicted molar refractivity (Wildman–Crippen MR) is 206 cm³/mol. The molecular formula is C37H49F6N9O5S. The SMILES string of the molecule is CC1(C)C(=O)N(c2cnc(C#N)c(C(F)(F)F)c2)C(=S)N1C1CCCCC1.FC(F)F.O=C1CCC(c2ccnc(NC(=O)CN3CCN(CCO)CC3)c2)C(=O)N1.[HH].[HH]. The molecule has 58 heavy (non-hydrogen) atoms. The summed E-state index contributed by atoms with van der Waals surface area (Å²) >= 11 is 5.51. The van der Waals surface area contributed by atoms with Crippen LogP contribution in [0.5, 0.6) is 0 Å². The first-order valence-corrected chi connectivity index (χ1v) is 19.0. The van der Waals surface area contributed by atoms with Crippen molar-refractivity contribution in [1.82, 2.24) is 30.0 Å². The van der Waals surface area contributed by atoms with Gasteiger partial charge in [-0.25, -0.2) is 9.97 Å². The fraction of sp³-hybridized carbons (Fsp3) is 0.568. The molecule has 2 aromatic heterocycles. The average Bonchev–Trinajstić information content (AvgIpc) is 3.34. The number of anilines is 2. The summed E-state index contributed by atoms with van der Waals surface area (Å²) in [4.78, 5) is 63.6. The highest BCUT2D eigenvalue weighted by molar-refractivity contribution is 7.80. The quantitative estimate of drug-likeness (QED) is 0.188. The maximum absolute atomic E-state index is 13.3. The van der Waals surface area contributed by atoms with Gasteiger partial charge >= 0.3 is 12.9 Å².